The van der Waals surface area contributed by atoms with Gasteiger partial charge in [0.15, 0.2) is 0 Å². The zero-order valence-corrected chi connectivity index (χ0v) is 14.0. The van der Waals surface area contributed by atoms with Crippen LogP contribution in [0.1, 0.15) is 22.4 Å². The summed E-state index contributed by atoms with van der Waals surface area (Å²) >= 11 is 1.60. The Hall–Kier alpha value is -2.12. The van der Waals surface area contributed by atoms with Crippen molar-refractivity contribution in [3.8, 4) is 5.75 Å². The zero-order chi connectivity index (χ0) is 16.7. The topological polar surface area (TPSA) is 83.5 Å². The summed E-state index contributed by atoms with van der Waals surface area (Å²) in [7, 11) is 1.59. The maximum atomic E-state index is 11.7. The van der Waals surface area contributed by atoms with Gasteiger partial charge in [-0.05, 0) is 24.6 Å². The third-order valence-corrected chi connectivity index (χ3v) is 4.11. The molecule has 2 amide bonds. The third-order valence-electron chi connectivity index (χ3n) is 3.29. The molecule has 0 aliphatic heterocycles. The smallest absolute Gasteiger partial charge is 0.314 e. The molecule has 1 atom stereocenters. The zero-order valence-electron chi connectivity index (χ0n) is 13.2. The molecule has 0 aliphatic rings. The van der Waals surface area contributed by atoms with Gasteiger partial charge in [-0.2, -0.15) is 0 Å². The van der Waals surface area contributed by atoms with E-state index < -0.39 is 6.10 Å². The van der Waals surface area contributed by atoms with Crippen LogP contribution in [-0.2, 0) is 6.42 Å². The van der Waals surface area contributed by atoms with E-state index in [0.717, 1.165) is 22.0 Å². The average Bonchev–Trinajstić information content (AvgIpc) is 2.98. The lowest BCUT2D eigenvalue weighted by atomic mass is 10.1. The second-order valence-electron chi connectivity index (χ2n) is 5.03. The number of aliphatic hydroxyl groups excluding tert-OH is 1. The monoisotopic (exact) mass is 335 g/mol. The van der Waals surface area contributed by atoms with Crippen molar-refractivity contribution in [3.63, 3.8) is 0 Å². The number of hydrogen-bond donors (Lipinski definition) is 3. The summed E-state index contributed by atoms with van der Waals surface area (Å²) in [6.07, 6.45) is -0.0634. The molecule has 0 spiro atoms. The van der Waals surface area contributed by atoms with Crippen molar-refractivity contribution in [2.45, 2.75) is 19.4 Å². The van der Waals surface area contributed by atoms with E-state index in [0.29, 0.717) is 13.0 Å². The van der Waals surface area contributed by atoms with Crippen LogP contribution in [-0.4, -0.2) is 36.3 Å². The largest absolute Gasteiger partial charge is 0.497 e. The van der Waals surface area contributed by atoms with Gasteiger partial charge in [-0.3, -0.25) is 0 Å². The van der Waals surface area contributed by atoms with E-state index in [4.69, 9.17) is 4.74 Å². The number of benzene rings is 1. The van der Waals surface area contributed by atoms with Crippen LogP contribution in [0.4, 0.5) is 4.79 Å². The molecular weight excluding hydrogens is 314 g/mol. The van der Waals surface area contributed by atoms with Crippen LogP contribution in [0, 0.1) is 6.92 Å². The van der Waals surface area contributed by atoms with Crippen molar-refractivity contribution in [3.05, 3.63) is 45.9 Å². The highest BCUT2D eigenvalue weighted by Gasteiger charge is 2.09. The van der Waals surface area contributed by atoms with Crippen LogP contribution < -0.4 is 15.4 Å². The van der Waals surface area contributed by atoms with Gasteiger partial charge in [0.25, 0.3) is 0 Å². The molecule has 124 valence electrons. The van der Waals surface area contributed by atoms with E-state index in [1.165, 1.54) is 0 Å². The number of thiazole rings is 1. The Morgan fingerprint density at radius 3 is 2.70 bits per heavy atom. The molecule has 1 aromatic carbocycles. The lowest BCUT2D eigenvalue weighted by molar-refractivity contribution is 0.173. The lowest BCUT2D eigenvalue weighted by Gasteiger charge is -2.13. The molecule has 0 saturated carbocycles. The van der Waals surface area contributed by atoms with Crippen molar-refractivity contribution in [2.24, 2.45) is 0 Å². The van der Waals surface area contributed by atoms with E-state index in [1.54, 1.807) is 42.7 Å². The third kappa shape index (κ3) is 5.54. The molecule has 7 heteroatoms. The average molecular weight is 335 g/mol. The molecule has 23 heavy (non-hydrogen) atoms. The lowest BCUT2D eigenvalue weighted by Crippen LogP contribution is -2.38. The van der Waals surface area contributed by atoms with Gasteiger partial charge >= 0.3 is 6.03 Å². The number of urea groups is 1. The van der Waals surface area contributed by atoms with E-state index in [-0.39, 0.29) is 12.6 Å². The molecule has 1 heterocycles. The van der Waals surface area contributed by atoms with Crippen molar-refractivity contribution < 1.29 is 14.6 Å². The predicted octanol–water partition coefficient (Wildman–Crippen LogP) is 2.04. The second kappa shape index (κ2) is 8.50. The standard InChI is InChI=1S/C16H21N3O3S/c1-11-19-13(10-23-11)7-8-17-16(21)18-9-15(20)12-3-5-14(22-2)6-4-12/h3-6,10,15,20H,7-9H2,1-2H3,(H2,17,18,21). The summed E-state index contributed by atoms with van der Waals surface area (Å²) < 4.78 is 5.06. The molecule has 0 aliphatic carbocycles. The van der Waals surface area contributed by atoms with Gasteiger partial charge in [0, 0.05) is 24.9 Å². The highest BCUT2D eigenvalue weighted by molar-refractivity contribution is 7.09. The molecule has 1 aromatic heterocycles. The highest BCUT2D eigenvalue weighted by Crippen LogP contribution is 2.16. The first kappa shape index (κ1) is 17.2. The first-order valence-corrected chi connectivity index (χ1v) is 8.21. The maximum Gasteiger partial charge on any atom is 0.314 e. The van der Waals surface area contributed by atoms with Crippen molar-refractivity contribution in [1.82, 2.24) is 15.6 Å². The molecule has 0 saturated heterocycles. The van der Waals surface area contributed by atoms with Crippen LogP contribution >= 0.6 is 11.3 Å². The predicted molar refractivity (Wildman–Crippen MR) is 89.9 cm³/mol. The first-order chi connectivity index (χ1) is 11.1. The Bertz CT molecular complexity index is 628. The summed E-state index contributed by atoms with van der Waals surface area (Å²) in [4.78, 5) is 16.0. The van der Waals surface area contributed by atoms with E-state index in [1.807, 2.05) is 12.3 Å². The number of amides is 2. The number of carbonyl (C=O) groups excluding carboxylic acids is 1. The van der Waals surface area contributed by atoms with Crippen LogP contribution in [0.2, 0.25) is 0 Å². The first-order valence-electron chi connectivity index (χ1n) is 7.33. The fraction of sp³-hybridized carbons (Fsp3) is 0.375. The van der Waals surface area contributed by atoms with Crippen LogP contribution in [0.15, 0.2) is 29.6 Å². The van der Waals surface area contributed by atoms with Gasteiger partial charge in [-0.15, -0.1) is 11.3 Å². The minimum absolute atomic E-state index is 0.147. The Morgan fingerprint density at radius 1 is 1.35 bits per heavy atom. The van der Waals surface area contributed by atoms with Gasteiger partial charge in [0.05, 0.1) is 23.9 Å². The molecular formula is C16H21N3O3S. The summed E-state index contributed by atoms with van der Waals surface area (Å²) in [5.41, 5.74) is 1.70. The number of ether oxygens (including phenoxy) is 1. The number of nitrogens with one attached hydrogen (secondary N) is 2. The van der Waals surface area contributed by atoms with Crippen LogP contribution in [0.5, 0.6) is 5.75 Å². The maximum absolute atomic E-state index is 11.7. The molecule has 2 aromatic rings. The van der Waals surface area contributed by atoms with Gasteiger partial charge in [-0.1, -0.05) is 12.1 Å². The number of hydrogen-bond acceptors (Lipinski definition) is 5. The fourth-order valence-corrected chi connectivity index (χ4v) is 2.67. The van der Waals surface area contributed by atoms with Crippen LogP contribution in [0.25, 0.3) is 0 Å². The Morgan fingerprint density at radius 2 is 2.09 bits per heavy atom. The number of rotatable bonds is 7. The Kier molecular flexibility index (Phi) is 6.37. The molecule has 2 rings (SSSR count). The Labute approximate surface area is 139 Å². The molecule has 0 bridgehead atoms. The van der Waals surface area contributed by atoms with Gasteiger partial charge in [-0.25, -0.2) is 9.78 Å². The number of nitrogens with zero attached hydrogens (tertiary/aromatic N) is 1. The SMILES string of the molecule is COc1ccc(C(O)CNC(=O)NCCc2csc(C)n2)cc1. The fourth-order valence-electron chi connectivity index (χ4n) is 2.02. The van der Waals surface area contributed by atoms with E-state index in [9.17, 15) is 9.90 Å². The van der Waals surface area contributed by atoms with E-state index >= 15 is 0 Å². The van der Waals surface area contributed by atoms with E-state index in [2.05, 4.69) is 15.6 Å². The molecule has 3 N–H and O–H groups in total. The van der Waals surface area contributed by atoms with Crippen molar-refractivity contribution in [1.29, 1.82) is 0 Å². The summed E-state index contributed by atoms with van der Waals surface area (Å²) in [6.45, 7) is 2.61. The summed E-state index contributed by atoms with van der Waals surface area (Å²) in [5, 5.41) is 18.5. The molecule has 0 fully saturated rings. The number of methoxy groups -OCH3 is 1. The minimum atomic E-state index is -0.757. The number of carbonyl (C=O) groups is 1. The quantitative estimate of drug-likeness (QED) is 0.723. The minimum Gasteiger partial charge on any atom is -0.497 e. The number of aryl methyl sites for hydroxylation is 1. The van der Waals surface area contributed by atoms with Gasteiger partial charge in [0.1, 0.15) is 5.75 Å². The molecule has 6 nitrogen and oxygen atoms in total. The second-order valence-corrected chi connectivity index (χ2v) is 6.10. The number of aliphatic hydroxyl groups is 1. The van der Waals surface area contributed by atoms with Crippen molar-refractivity contribution >= 4 is 17.4 Å². The normalized spacial score (nSPS) is 11.8. The summed E-state index contributed by atoms with van der Waals surface area (Å²) in [5.74, 6) is 0.726. The number of aromatic nitrogens is 1. The molecule has 0 radical (unpaired) electrons. The molecule has 1 unspecified atom stereocenters. The van der Waals surface area contributed by atoms with Crippen LogP contribution in [0.3, 0.4) is 0 Å². The summed E-state index contributed by atoms with van der Waals surface area (Å²) in [6, 6.07) is 6.79. The Balaban J connectivity index is 1.68. The van der Waals surface area contributed by atoms with Gasteiger partial charge in [0.2, 0.25) is 0 Å². The van der Waals surface area contributed by atoms with Crippen molar-refractivity contribution in [2.75, 3.05) is 20.2 Å². The highest BCUT2D eigenvalue weighted by atomic mass is 32.1. The van der Waals surface area contributed by atoms with Gasteiger partial charge < -0.3 is 20.5 Å².